The van der Waals surface area contributed by atoms with Crippen LogP contribution >= 0.6 is 23.4 Å². The molecule has 0 fully saturated rings. The van der Waals surface area contributed by atoms with Crippen LogP contribution in [0, 0.1) is 0 Å². The second kappa shape index (κ2) is 5.35. The molecule has 0 unspecified atom stereocenters. The summed E-state index contributed by atoms with van der Waals surface area (Å²) in [5, 5.41) is 9.94. The number of halogens is 1. The molecule has 0 spiro atoms. The number of nitrogens with zero attached hydrogens (tertiary/aromatic N) is 2. The van der Waals surface area contributed by atoms with Gasteiger partial charge in [-0.3, -0.25) is 0 Å². The van der Waals surface area contributed by atoms with Crippen LogP contribution in [-0.2, 0) is 6.61 Å². The van der Waals surface area contributed by atoms with Gasteiger partial charge in [0.05, 0.1) is 6.61 Å². The first kappa shape index (κ1) is 12.2. The maximum atomic E-state index is 8.98. The maximum absolute atomic E-state index is 8.98. The molecule has 2 aromatic rings. The topological polar surface area (TPSA) is 72.0 Å². The van der Waals surface area contributed by atoms with E-state index in [2.05, 4.69) is 9.97 Å². The summed E-state index contributed by atoms with van der Waals surface area (Å²) < 4.78 is 0. The molecule has 0 saturated heterocycles. The van der Waals surface area contributed by atoms with Crippen molar-refractivity contribution in [2.75, 3.05) is 5.73 Å². The largest absolute Gasteiger partial charge is 0.398 e. The molecule has 0 aliphatic carbocycles. The SMILES string of the molecule is Nc1cc(CO)ccc1Sc1nccnc1Cl. The van der Waals surface area contributed by atoms with E-state index in [-0.39, 0.29) is 6.61 Å². The van der Waals surface area contributed by atoms with E-state index in [4.69, 9.17) is 22.4 Å². The Balaban J connectivity index is 2.28. The predicted octanol–water partition coefficient (Wildman–Crippen LogP) is 2.36. The molecule has 0 atom stereocenters. The lowest BCUT2D eigenvalue weighted by Gasteiger charge is -2.06. The minimum absolute atomic E-state index is 0.0267. The van der Waals surface area contributed by atoms with Crippen molar-refractivity contribution < 1.29 is 5.11 Å². The van der Waals surface area contributed by atoms with Gasteiger partial charge in [0.25, 0.3) is 0 Å². The van der Waals surface area contributed by atoms with Gasteiger partial charge in [0.15, 0.2) is 5.15 Å². The van der Waals surface area contributed by atoms with E-state index < -0.39 is 0 Å². The highest BCUT2D eigenvalue weighted by Crippen LogP contribution is 2.34. The second-order valence-electron chi connectivity index (χ2n) is 3.28. The molecule has 0 radical (unpaired) electrons. The van der Waals surface area contributed by atoms with E-state index in [1.807, 2.05) is 12.1 Å². The van der Waals surface area contributed by atoms with Crippen LogP contribution in [0.2, 0.25) is 5.15 Å². The van der Waals surface area contributed by atoms with E-state index in [0.717, 1.165) is 10.5 Å². The van der Waals surface area contributed by atoms with Gasteiger partial charge in [-0.2, -0.15) is 0 Å². The fraction of sp³-hybridized carbons (Fsp3) is 0.0909. The predicted molar refractivity (Wildman–Crippen MR) is 67.9 cm³/mol. The Morgan fingerprint density at radius 3 is 2.71 bits per heavy atom. The molecular weight excluding hydrogens is 258 g/mol. The summed E-state index contributed by atoms with van der Waals surface area (Å²) in [6.45, 7) is -0.0267. The summed E-state index contributed by atoms with van der Waals surface area (Å²) in [6.07, 6.45) is 3.11. The third kappa shape index (κ3) is 2.88. The minimum Gasteiger partial charge on any atom is -0.398 e. The van der Waals surface area contributed by atoms with Crippen molar-refractivity contribution >= 4 is 29.1 Å². The van der Waals surface area contributed by atoms with E-state index in [9.17, 15) is 0 Å². The van der Waals surface area contributed by atoms with Crippen LogP contribution in [0.25, 0.3) is 0 Å². The molecule has 3 N–H and O–H groups in total. The van der Waals surface area contributed by atoms with E-state index in [1.165, 1.54) is 18.0 Å². The zero-order valence-electron chi connectivity index (χ0n) is 8.80. The Hall–Kier alpha value is -1.30. The van der Waals surface area contributed by atoms with E-state index in [1.54, 1.807) is 12.3 Å². The summed E-state index contributed by atoms with van der Waals surface area (Å²) >= 11 is 7.26. The van der Waals surface area contributed by atoms with Crippen molar-refractivity contribution in [3.8, 4) is 0 Å². The van der Waals surface area contributed by atoms with Gasteiger partial charge in [0.1, 0.15) is 5.03 Å². The lowest BCUT2D eigenvalue weighted by molar-refractivity contribution is 0.282. The Morgan fingerprint density at radius 1 is 1.29 bits per heavy atom. The summed E-state index contributed by atoms with van der Waals surface area (Å²) in [5.41, 5.74) is 7.23. The fourth-order valence-electron chi connectivity index (χ4n) is 1.27. The van der Waals surface area contributed by atoms with Gasteiger partial charge in [-0.1, -0.05) is 29.4 Å². The number of rotatable bonds is 3. The van der Waals surface area contributed by atoms with Crippen molar-refractivity contribution in [1.29, 1.82) is 0 Å². The number of nitrogens with two attached hydrogens (primary N) is 1. The first-order valence-electron chi connectivity index (χ1n) is 4.84. The first-order valence-corrected chi connectivity index (χ1v) is 6.04. The van der Waals surface area contributed by atoms with Crippen LogP contribution in [0.15, 0.2) is 40.5 Å². The number of benzene rings is 1. The lowest BCUT2D eigenvalue weighted by Crippen LogP contribution is -1.93. The Morgan fingerprint density at radius 2 is 2.06 bits per heavy atom. The molecule has 0 bridgehead atoms. The highest BCUT2D eigenvalue weighted by atomic mass is 35.5. The number of aromatic nitrogens is 2. The smallest absolute Gasteiger partial charge is 0.161 e. The van der Waals surface area contributed by atoms with E-state index in [0.29, 0.717) is 15.9 Å². The lowest BCUT2D eigenvalue weighted by atomic mass is 10.2. The Labute approximate surface area is 108 Å². The van der Waals surface area contributed by atoms with Crippen molar-refractivity contribution in [2.24, 2.45) is 0 Å². The summed E-state index contributed by atoms with van der Waals surface area (Å²) in [5.74, 6) is 0. The third-order valence-electron chi connectivity index (χ3n) is 2.09. The highest BCUT2D eigenvalue weighted by molar-refractivity contribution is 7.99. The number of anilines is 1. The molecule has 4 nitrogen and oxygen atoms in total. The number of hydrogen-bond acceptors (Lipinski definition) is 5. The van der Waals surface area contributed by atoms with E-state index >= 15 is 0 Å². The normalized spacial score (nSPS) is 10.5. The molecule has 6 heteroatoms. The average Bonchev–Trinajstić information content (AvgIpc) is 2.34. The molecule has 0 aliphatic heterocycles. The standard InChI is InChI=1S/C11H10ClN3OS/c12-10-11(15-4-3-14-10)17-9-2-1-7(6-16)5-8(9)13/h1-5,16H,6,13H2. The Bertz CT molecular complexity index is 536. The van der Waals surface area contributed by atoms with Crippen LogP contribution in [0.5, 0.6) is 0 Å². The Kier molecular flexibility index (Phi) is 3.83. The molecule has 17 heavy (non-hydrogen) atoms. The van der Waals surface area contributed by atoms with Crippen LogP contribution in [0.4, 0.5) is 5.69 Å². The zero-order valence-corrected chi connectivity index (χ0v) is 10.4. The van der Waals surface area contributed by atoms with Crippen LogP contribution in [-0.4, -0.2) is 15.1 Å². The monoisotopic (exact) mass is 267 g/mol. The number of aliphatic hydroxyl groups excluding tert-OH is 1. The molecular formula is C11H10ClN3OS. The van der Waals surface area contributed by atoms with Gasteiger partial charge >= 0.3 is 0 Å². The van der Waals surface area contributed by atoms with Crippen molar-refractivity contribution in [3.63, 3.8) is 0 Å². The molecule has 1 aromatic heterocycles. The highest BCUT2D eigenvalue weighted by Gasteiger charge is 2.07. The first-order chi connectivity index (χ1) is 8.20. The summed E-state index contributed by atoms with van der Waals surface area (Å²) in [7, 11) is 0. The average molecular weight is 268 g/mol. The van der Waals surface area contributed by atoms with Gasteiger partial charge in [-0.25, -0.2) is 9.97 Å². The van der Waals surface area contributed by atoms with Gasteiger partial charge in [-0.05, 0) is 17.7 Å². The second-order valence-corrected chi connectivity index (χ2v) is 4.67. The van der Waals surface area contributed by atoms with Crippen molar-refractivity contribution in [1.82, 2.24) is 9.97 Å². The maximum Gasteiger partial charge on any atom is 0.161 e. The summed E-state index contributed by atoms with van der Waals surface area (Å²) in [6, 6.07) is 5.37. The molecule has 0 aliphatic rings. The van der Waals surface area contributed by atoms with Crippen LogP contribution in [0.3, 0.4) is 0 Å². The fourth-order valence-corrected chi connectivity index (χ4v) is 2.26. The van der Waals surface area contributed by atoms with Crippen LogP contribution in [0.1, 0.15) is 5.56 Å². The molecule has 0 saturated carbocycles. The molecule has 0 amide bonds. The molecule has 1 aromatic carbocycles. The number of hydrogen-bond donors (Lipinski definition) is 2. The van der Waals surface area contributed by atoms with Crippen molar-refractivity contribution in [3.05, 3.63) is 41.3 Å². The molecule has 88 valence electrons. The van der Waals surface area contributed by atoms with Gasteiger partial charge in [0, 0.05) is 23.0 Å². The number of nitrogen functional groups attached to an aromatic ring is 1. The third-order valence-corrected chi connectivity index (χ3v) is 3.56. The summed E-state index contributed by atoms with van der Waals surface area (Å²) in [4.78, 5) is 8.90. The van der Waals surface area contributed by atoms with Gasteiger partial charge in [0.2, 0.25) is 0 Å². The van der Waals surface area contributed by atoms with Gasteiger partial charge < -0.3 is 10.8 Å². The zero-order chi connectivity index (χ0) is 12.3. The van der Waals surface area contributed by atoms with Crippen LogP contribution < -0.4 is 5.73 Å². The quantitative estimate of drug-likeness (QED) is 0.836. The minimum atomic E-state index is -0.0267. The van der Waals surface area contributed by atoms with Gasteiger partial charge in [-0.15, -0.1) is 0 Å². The molecule has 2 rings (SSSR count). The molecule has 1 heterocycles. The number of aliphatic hydroxyl groups is 1. The van der Waals surface area contributed by atoms with Crippen molar-refractivity contribution in [2.45, 2.75) is 16.5 Å².